The highest BCUT2D eigenvalue weighted by molar-refractivity contribution is 7.16. The summed E-state index contributed by atoms with van der Waals surface area (Å²) in [5.74, 6) is -0.103. The summed E-state index contributed by atoms with van der Waals surface area (Å²) in [6.07, 6.45) is 4.66. The Morgan fingerprint density at radius 2 is 2.22 bits per heavy atom. The lowest BCUT2D eigenvalue weighted by Crippen LogP contribution is -2.09. The Morgan fingerprint density at radius 1 is 1.44 bits per heavy atom. The fourth-order valence-electron chi connectivity index (χ4n) is 1.19. The second-order valence-electron chi connectivity index (χ2n) is 3.07. The number of rotatable bonds is 4. The average molecular weight is 287 g/mol. The van der Waals surface area contributed by atoms with Crippen LogP contribution < -0.4 is 10.5 Å². The maximum Gasteiger partial charge on any atom is 0.277 e. The van der Waals surface area contributed by atoms with Gasteiger partial charge in [-0.25, -0.2) is 9.97 Å². The van der Waals surface area contributed by atoms with E-state index in [4.69, 9.17) is 10.5 Å². The zero-order chi connectivity index (χ0) is 12.3. The lowest BCUT2D eigenvalue weighted by Gasteiger charge is -2.01. The quantitative estimate of drug-likeness (QED) is 0.920. The molecule has 2 aromatic heterocycles. The van der Waals surface area contributed by atoms with Crippen LogP contribution in [0, 0.1) is 0 Å². The van der Waals surface area contributed by atoms with Gasteiger partial charge in [-0.1, -0.05) is 0 Å². The van der Waals surface area contributed by atoms with Crippen molar-refractivity contribution in [3.8, 4) is 16.5 Å². The summed E-state index contributed by atoms with van der Waals surface area (Å²) in [5.41, 5.74) is 5.74. The van der Waals surface area contributed by atoms with E-state index in [1.807, 2.05) is 6.92 Å². The van der Waals surface area contributed by atoms with Crippen LogP contribution in [0.5, 0.6) is 5.88 Å². The number of thiazole rings is 1. The highest BCUT2D eigenvalue weighted by Gasteiger charge is 2.10. The van der Waals surface area contributed by atoms with Gasteiger partial charge in [-0.3, -0.25) is 9.78 Å². The van der Waals surface area contributed by atoms with Gasteiger partial charge >= 0.3 is 0 Å². The normalized spacial score (nSPS) is 9.61. The second kappa shape index (κ2) is 6.27. The average Bonchev–Trinajstić information content (AvgIpc) is 2.79. The third-order valence-electron chi connectivity index (χ3n) is 1.87. The van der Waals surface area contributed by atoms with E-state index in [-0.39, 0.29) is 17.4 Å². The van der Waals surface area contributed by atoms with Crippen LogP contribution in [0.4, 0.5) is 0 Å². The summed E-state index contributed by atoms with van der Waals surface area (Å²) in [7, 11) is 0. The molecule has 0 saturated heterocycles. The minimum atomic E-state index is -0.546. The first kappa shape index (κ1) is 14.3. The number of halogens is 1. The molecule has 0 aliphatic heterocycles. The largest absolute Gasteiger partial charge is 0.477 e. The third kappa shape index (κ3) is 3.14. The van der Waals surface area contributed by atoms with Gasteiger partial charge in [-0.15, -0.1) is 23.7 Å². The van der Waals surface area contributed by atoms with E-state index in [0.717, 1.165) is 4.88 Å². The van der Waals surface area contributed by atoms with Gasteiger partial charge in [0.05, 0.1) is 23.9 Å². The minimum absolute atomic E-state index is 0. The topological polar surface area (TPSA) is 91.0 Å². The van der Waals surface area contributed by atoms with Crippen LogP contribution in [0.3, 0.4) is 0 Å². The molecule has 96 valence electrons. The van der Waals surface area contributed by atoms with Crippen LogP contribution in [0.15, 0.2) is 18.6 Å². The lowest BCUT2D eigenvalue weighted by atomic mass is 10.4. The van der Waals surface area contributed by atoms with E-state index in [1.165, 1.54) is 17.5 Å². The van der Waals surface area contributed by atoms with Gasteiger partial charge in [0.15, 0.2) is 5.01 Å². The van der Waals surface area contributed by atoms with Crippen molar-refractivity contribution >= 4 is 29.7 Å². The van der Waals surface area contributed by atoms with E-state index in [2.05, 4.69) is 15.0 Å². The standard InChI is InChI=1S/C10H10N4O2S.ClH/c1-2-16-8-5-12-3-6(14-8)7-4-13-10(17-7)9(11)15;/h3-5H,2H2,1H3,(H2,11,15);1H. The molecular weight excluding hydrogens is 276 g/mol. The number of hydrogen-bond donors (Lipinski definition) is 1. The van der Waals surface area contributed by atoms with Crippen LogP contribution in [0.1, 0.15) is 16.7 Å². The van der Waals surface area contributed by atoms with Gasteiger partial charge in [-0.05, 0) is 6.92 Å². The van der Waals surface area contributed by atoms with E-state index in [0.29, 0.717) is 18.2 Å². The molecule has 18 heavy (non-hydrogen) atoms. The monoisotopic (exact) mass is 286 g/mol. The summed E-state index contributed by atoms with van der Waals surface area (Å²) in [6, 6.07) is 0. The molecule has 0 aliphatic carbocycles. The summed E-state index contributed by atoms with van der Waals surface area (Å²) in [6.45, 7) is 2.39. The number of aromatic nitrogens is 3. The van der Waals surface area contributed by atoms with Gasteiger partial charge in [0, 0.05) is 6.20 Å². The van der Waals surface area contributed by atoms with Crippen molar-refractivity contribution < 1.29 is 9.53 Å². The Morgan fingerprint density at radius 3 is 2.83 bits per heavy atom. The Balaban J connectivity index is 0.00000162. The maximum absolute atomic E-state index is 10.9. The first-order valence-electron chi connectivity index (χ1n) is 4.91. The van der Waals surface area contributed by atoms with Crippen LogP contribution in [-0.2, 0) is 0 Å². The van der Waals surface area contributed by atoms with Crippen molar-refractivity contribution in [2.45, 2.75) is 6.92 Å². The van der Waals surface area contributed by atoms with Crippen molar-refractivity contribution in [1.82, 2.24) is 15.0 Å². The number of hydrogen-bond acceptors (Lipinski definition) is 6. The van der Waals surface area contributed by atoms with Gasteiger partial charge in [0.2, 0.25) is 5.88 Å². The van der Waals surface area contributed by atoms with Crippen molar-refractivity contribution in [2.24, 2.45) is 5.73 Å². The molecule has 0 spiro atoms. The van der Waals surface area contributed by atoms with Crippen LogP contribution in [0.25, 0.3) is 10.6 Å². The first-order valence-corrected chi connectivity index (χ1v) is 5.73. The van der Waals surface area contributed by atoms with Crippen LogP contribution in [-0.4, -0.2) is 27.5 Å². The maximum atomic E-state index is 10.9. The molecule has 8 heteroatoms. The van der Waals surface area contributed by atoms with Crippen molar-refractivity contribution in [2.75, 3.05) is 6.61 Å². The fourth-order valence-corrected chi connectivity index (χ4v) is 1.91. The van der Waals surface area contributed by atoms with E-state index >= 15 is 0 Å². The molecular formula is C10H11ClN4O2S. The SMILES string of the molecule is CCOc1cncc(-c2cnc(C(N)=O)s2)n1.Cl. The highest BCUT2D eigenvalue weighted by Crippen LogP contribution is 2.24. The number of nitrogens with zero attached hydrogens (tertiary/aromatic N) is 3. The molecule has 0 aliphatic rings. The van der Waals surface area contributed by atoms with Gasteiger partial charge in [-0.2, -0.15) is 0 Å². The highest BCUT2D eigenvalue weighted by atomic mass is 35.5. The number of carbonyl (C=O) groups is 1. The number of amides is 1. The lowest BCUT2D eigenvalue weighted by molar-refractivity contribution is 0.1000. The second-order valence-corrected chi connectivity index (χ2v) is 4.10. The molecule has 0 saturated carbocycles. The number of carbonyl (C=O) groups excluding carboxylic acids is 1. The number of ether oxygens (including phenoxy) is 1. The summed E-state index contributed by atoms with van der Waals surface area (Å²) >= 11 is 1.18. The van der Waals surface area contributed by atoms with E-state index in [9.17, 15) is 4.79 Å². The zero-order valence-electron chi connectivity index (χ0n) is 9.49. The molecule has 2 heterocycles. The summed E-state index contributed by atoms with van der Waals surface area (Å²) < 4.78 is 5.24. The molecule has 2 aromatic rings. The van der Waals surface area contributed by atoms with Gasteiger partial charge in [0.25, 0.3) is 5.91 Å². The molecule has 0 radical (unpaired) electrons. The smallest absolute Gasteiger partial charge is 0.277 e. The molecule has 6 nitrogen and oxygen atoms in total. The van der Waals surface area contributed by atoms with Crippen molar-refractivity contribution in [3.05, 3.63) is 23.6 Å². The molecule has 0 atom stereocenters. The Kier molecular flexibility index (Phi) is 4.99. The Hall–Kier alpha value is -1.73. The minimum Gasteiger partial charge on any atom is -0.477 e. The molecule has 2 N–H and O–H groups in total. The first-order chi connectivity index (χ1) is 8.20. The molecule has 1 amide bonds. The molecule has 2 rings (SSSR count). The molecule has 0 fully saturated rings. The molecule has 0 unspecified atom stereocenters. The predicted molar refractivity (Wildman–Crippen MR) is 70.1 cm³/mol. The predicted octanol–water partition coefficient (Wildman–Crippen LogP) is 1.52. The Bertz CT molecular complexity index is 546. The van der Waals surface area contributed by atoms with E-state index in [1.54, 1.807) is 12.4 Å². The van der Waals surface area contributed by atoms with E-state index < -0.39 is 5.91 Å². The van der Waals surface area contributed by atoms with Crippen LogP contribution in [0.2, 0.25) is 0 Å². The van der Waals surface area contributed by atoms with Crippen molar-refractivity contribution in [1.29, 1.82) is 0 Å². The third-order valence-corrected chi connectivity index (χ3v) is 2.91. The molecule has 0 aromatic carbocycles. The zero-order valence-corrected chi connectivity index (χ0v) is 11.1. The van der Waals surface area contributed by atoms with Crippen LogP contribution >= 0.6 is 23.7 Å². The van der Waals surface area contributed by atoms with Gasteiger partial charge < -0.3 is 10.5 Å². The number of nitrogens with two attached hydrogens (primary N) is 1. The fraction of sp³-hybridized carbons (Fsp3) is 0.200. The Labute approximate surface area is 114 Å². The van der Waals surface area contributed by atoms with Crippen molar-refractivity contribution in [3.63, 3.8) is 0 Å². The number of primary amides is 1. The summed E-state index contributed by atoms with van der Waals surface area (Å²) in [4.78, 5) is 23.8. The molecule has 0 bridgehead atoms. The van der Waals surface area contributed by atoms with Gasteiger partial charge in [0.1, 0.15) is 5.69 Å². The summed E-state index contributed by atoms with van der Waals surface area (Å²) in [5, 5.41) is 0.253.